The molecule has 0 aliphatic carbocycles. The molecule has 1 aliphatic rings. The summed E-state index contributed by atoms with van der Waals surface area (Å²) in [6, 6.07) is 16.2. The SMILES string of the molecule is COc1cc(S(=O)Cc2ccc3c(c2)CCNC3)ccc1NC(=O)N(C)C(C)c1cccc(Cl)c1Cl. The summed E-state index contributed by atoms with van der Waals surface area (Å²) in [5.74, 6) is 0.850. The van der Waals surface area contributed by atoms with E-state index in [1.165, 1.54) is 23.1 Å². The number of hydrogen-bond donors (Lipinski definition) is 2. The van der Waals surface area contributed by atoms with Crippen molar-refractivity contribution in [2.45, 2.75) is 36.6 Å². The second kappa shape index (κ2) is 11.6. The fraction of sp³-hybridized carbons (Fsp3) is 0.296. The average Bonchev–Trinajstić information content (AvgIpc) is 2.89. The van der Waals surface area contributed by atoms with E-state index in [2.05, 4.69) is 22.8 Å². The third-order valence-corrected chi connectivity index (χ3v) is 8.67. The summed E-state index contributed by atoms with van der Waals surface area (Å²) in [5.41, 5.74) is 4.89. The van der Waals surface area contributed by atoms with Crippen LogP contribution in [0, 0.1) is 0 Å². The van der Waals surface area contributed by atoms with Crippen molar-refractivity contribution in [1.29, 1.82) is 0 Å². The zero-order chi connectivity index (χ0) is 25.8. The maximum absolute atomic E-state index is 13.1. The maximum atomic E-state index is 13.1. The normalized spacial score (nSPS) is 14.5. The molecule has 0 fully saturated rings. The quantitative estimate of drug-likeness (QED) is 0.371. The van der Waals surface area contributed by atoms with Crippen LogP contribution < -0.4 is 15.4 Å². The van der Waals surface area contributed by atoms with E-state index in [1.54, 1.807) is 37.4 Å². The summed E-state index contributed by atoms with van der Waals surface area (Å²) < 4.78 is 18.6. The Kier molecular flexibility index (Phi) is 8.57. The van der Waals surface area contributed by atoms with Crippen LogP contribution in [-0.2, 0) is 29.5 Å². The predicted molar refractivity (Wildman–Crippen MR) is 147 cm³/mol. The summed E-state index contributed by atoms with van der Waals surface area (Å²) in [6.45, 7) is 3.71. The molecule has 0 bridgehead atoms. The number of halogens is 2. The molecular formula is C27H29Cl2N3O3S. The van der Waals surface area contributed by atoms with Crippen molar-refractivity contribution < 1.29 is 13.7 Å². The van der Waals surface area contributed by atoms with Gasteiger partial charge in [-0.05, 0) is 66.4 Å². The summed E-state index contributed by atoms with van der Waals surface area (Å²) in [4.78, 5) is 15.2. The molecule has 190 valence electrons. The minimum atomic E-state index is -1.26. The first-order valence-electron chi connectivity index (χ1n) is 11.6. The molecule has 0 spiro atoms. The molecule has 1 aliphatic heterocycles. The number of urea groups is 1. The molecule has 9 heteroatoms. The monoisotopic (exact) mass is 545 g/mol. The van der Waals surface area contributed by atoms with Crippen molar-refractivity contribution in [3.63, 3.8) is 0 Å². The molecule has 0 radical (unpaired) electrons. The third-order valence-electron chi connectivity index (χ3n) is 6.47. The first kappa shape index (κ1) is 26.5. The van der Waals surface area contributed by atoms with Crippen molar-refractivity contribution in [2.75, 3.05) is 26.0 Å². The van der Waals surface area contributed by atoms with Crippen molar-refractivity contribution in [2.24, 2.45) is 0 Å². The van der Waals surface area contributed by atoms with Gasteiger partial charge in [0.1, 0.15) is 5.75 Å². The second-order valence-electron chi connectivity index (χ2n) is 8.74. The molecule has 1 heterocycles. The number of carbonyl (C=O) groups is 1. The zero-order valence-electron chi connectivity index (χ0n) is 20.4. The number of anilines is 1. The minimum Gasteiger partial charge on any atom is -0.495 e. The van der Waals surface area contributed by atoms with Gasteiger partial charge in [0.25, 0.3) is 0 Å². The Morgan fingerprint density at radius 3 is 2.75 bits per heavy atom. The Balaban J connectivity index is 1.46. The molecule has 36 heavy (non-hydrogen) atoms. The number of benzene rings is 3. The van der Waals surface area contributed by atoms with Crippen LogP contribution in [0.1, 0.15) is 35.2 Å². The smallest absolute Gasteiger partial charge is 0.322 e. The van der Waals surface area contributed by atoms with E-state index in [9.17, 15) is 9.00 Å². The lowest BCUT2D eigenvalue weighted by Crippen LogP contribution is -2.33. The number of carbonyl (C=O) groups excluding carboxylic acids is 1. The number of rotatable bonds is 7. The molecule has 6 nitrogen and oxygen atoms in total. The Morgan fingerprint density at radius 1 is 1.17 bits per heavy atom. The molecule has 3 aromatic rings. The molecule has 0 saturated heterocycles. The summed E-state index contributed by atoms with van der Waals surface area (Å²) in [5, 5.41) is 7.10. The van der Waals surface area contributed by atoms with Crippen LogP contribution in [0.15, 0.2) is 59.5 Å². The highest BCUT2D eigenvalue weighted by atomic mass is 35.5. The van der Waals surface area contributed by atoms with Crippen LogP contribution in [0.4, 0.5) is 10.5 Å². The van der Waals surface area contributed by atoms with E-state index in [1.807, 2.05) is 19.1 Å². The third kappa shape index (κ3) is 5.86. The molecule has 2 unspecified atom stereocenters. The van der Waals surface area contributed by atoms with Crippen LogP contribution in [0.2, 0.25) is 10.0 Å². The molecule has 0 saturated carbocycles. The van der Waals surface area contributed by atoms with Gasteiger partial charge in [-0.25, -0.2) is 4.79 Å². The lowest BCUT2D eigenvalue weighted by molar-refractivity contribution is 0.208. The average molecular weight is 547 g/mol. The van der Waals surface area contributed by atoms with Crippen LogP contribution in [0.25, 0.3) is 0 Å². The largest absolute Gasteiger partial charge is 0.495 e. The number of hydrogen-bond acceptors (Lipinski definition) is 4. The van der Waals surface area contributed by atoms with Gasteiger partial charge in [-0.15, -0.1) is 0 Å². The van der Waals surface area contributed by atoms with E-state index in [4.69, 9.17) is 27.9 Å². The molecule has 2 amide bonds. The Hall–Kier alpha value is -2.58. The van der Waals surface area contributed by atoms with Gasteiger partial charge in [0.15, 0.2) is 0 Å². The molecule has 3 aromatic carbocycles. The fourth-order valence-corrected chi connectivity index (χ4v) is 5.78. The van der Waals surface area contributed by atoms with Crippen LogP contribution in [0.5, 0.6) is 5.75 Å². The maximum Gasteiger partial charge on any atom is 0.322 e. The Bertz CT molecular complexity index is 1300. The van der Waals surface area contributed by atoms with Gasteiger partial charge < -0.3 is 20.3 Å². The van der Waals surface area contributed by atoms with Gasteiger partial charge in [0, 0.05) is 18.5 Å². The highest BCUT2D eigenvalue weighted by Gasteiger charge is 2.22. The van der Waals surface area contributed by atoms with E-state index < -0.39 is 10.8 Å². The van der Waals surface area contributed by atoms with Gasteiger partial charge in [-0.3, -0.25) is 4.21 Å². The standard InChI is InChI=1S/C27H29Cl2N3O3S/c1-17(22-5-4-6-23(28)26(22)29)32(2)27(33)31-24-10-9-21(14-25(24)35-3)36(34)16-18-7-8-20-15-30-12-11-19(20)13-18/h4-10,13-14,17,30H,11-12,15-16H2,1-3H3,(H,31,33). The summed E-state index contributed by atoms with van der Waals surface area (Å²) in [7, 11) is 1.94. The predicted octanol–water partition coefficient (Wildman–Crippen LogP) is 6.18. The highest BCUT2D eigenvalue weighted by Crippen LogP contribution is 2.33. The van der Waals surface area contributed by atoms with Gasteiger partial charge >= 0.3 is 6.03 Å². The van der Waals surface area contributed by atoms with Crippen LogP contribution in [-0.4, -0.2) is 35.8 Å². The number of fused-ring (bicyclic) bond motifs is 1. The van der Waals surface area contributed by atoms with Crippen molar-refractivity contribution in [3.05, 3.63) is 86.9 Å². The van der Waals surface area contributed by atoms with E-state index in [0.29, 0.717) is 32.1 Å². The lowest BCUT2D eigenvalue weighted by atomic mass is 9.99. The Labute approximate surface area is 224 Å². The number of methoxy groups -OCH3 is 1. The summed E-state index contributed by atoms with van der Waals surface area (Å²) >= 11 is 12.5. The van der Waals surface area contributed by atoms with Gasteiger partial charge in [0.05, 0.1) is 45.4 Å². The molecule has 2 N–H and O–H groups in total. The number of amides is 2. The molecule has 0 aromatic heterocycles. The van der Waals surface area contributed by atoms with E-state index >= 15 is 0 Å². The van der Waals surface area contributed by atoms with E-state index in [-0.39, 0.29) is 12.1 Å². The molecular weight excluding hydrogens is 517 g/mol. The van der Waals surface area contributed by atoms with Gasteiger partial charge in [-0.2, -0.15) is 0 Å². The number of nitrogens with zero attached hydrogens (tertiary/aromatic N) is 1. The number of ether oxygens (including phenoxy) is 1. The van der Waals surface area contributed by atoms with Gasteiger partial charge in [-0.1, -0.05) is 53.5 Å². The van der Waals surface area contributed by atoms with Crippen molar-refractivity contribution in [3.8, 4) is 5.75 Å². The van der Waals surface area contributed by atoms with Crippen LogP contribution in [0.3, 0.4) is 0 Å². The Morgan fingerprint density at radius 2 is 1.97 bits per heavy atom. The second-order valence-corrected chi connectivity index (χ2v) is 11.0. The van der Waals surface area contributed by atoms with Gasteiger partial charge in [0.2, 0.25) is 0 Å². The zero-order valence-corrected chi connectivity index (χ0v) is 22.8. The number of nitrogens with one attached hydrogen (secondary N) is 2. The lowest BCUT2D eigenvalue weighted by Gasteiger charge is -2.27. The van der Waals surface area contributed by atoms with Crippen molar-refractivity contribution in [1.82, 2.24) is 10.2 Å². The van der Waals surface area contributed by atoms with E-state index in [0.717, 1.165) is 30.6 Å². The topological polar surface area (TPSA) is 70.7 Å². The molecule has 2 atom stereocenters. The first-order chi connectivity index (χ1) is 17.3. The van der Waals surface area contributed by atoms with Crippen LogP contribution >= 0.6 is 23.2 Å². The first-order valence-corrected chi connectivity index (χ1v) is 13.7. The van der Waals surface area contributed by atoms with Crippen molar-refractivity contribution >= 4 is 45.7 Å². The summed E-state index contributed by atoms with van der Waals surface area (Å²) in [6.07, 6.45) is 0.981. The highest BCUT2D eigenvalue weighted by molar-refractivity contribution is 7.84. The molecule has 4 rings (SSSR count). The fourth-order valence-electron chi connectivity index (χ4n) is 4.20. The minimum absolute atomic E-state index is 0.318.